The normalized spacial score (nSPS) is 12.7. The number of fused-ring (bicyclic) bond motifs is 1. The number of aromatic amines is 1. The summed E-state index contributed by atoms with van der Waals surface area (Å²) in [5, 5.41) is 7.91. The minimum atomic E-state index is -0.636. The number of ether oxygens (including phenoxy) is 1. The summed E-state index contributed by atoms with van der Waals surface area (Å²) in [5.41, 5.74) is 3.13. The fraction of sp³-hybridized carbons (Fsp3) is 0.321. The van der Waals surface area contributed by atoms with E-state index in [1.54, 1.807) is 31.6 Å². The van der Waals surface area contributed by atoms with Crippen LogP contribution < -0.4 is 4.74 Å². The van der Waals surface area contributed by atoms with Crippen LogP contribution in [0.1, 0.15) is 54.7 Å². The molecular formula is C28H30F2N4O2. The van der Waals surface area contributed by atoms with Crippen LogP contribution in [0, 0.1) is 18.6 Å². The second kappa shape index (κ2) is 10.8. The highest BCUT2D eigenvalue weighted by Gasteiger charge is 2.27. The van der Waals surface area contributed by atoms with E-state index in [4.69, 9.17) is 4.74 Å². The van der Waals surface area contributed by atoms with Crippen molar-refractivity contribution in [2.24, 2.45) is 0 Å². The van der Waals surface area contributed by atoms with Gasteiger partial charge in [-0.15, -0.1) is 0 Å². The number of nitrogens with zero attached hydrogens (tertiary/aromatic N) is 3. The van der Waals surface area contributed by atoms with Crippen molar-refractivity contribution >= 4 is 16.8 Å². The number of rotatable bonds is 6. The molecule has 0 aliphatic heterocycles. The largest absolute Gasteiger partial charge is 0.490 e. The van der Waals surface area contributed by atoms with Crippen molar-refractivity contribution in [3.63, 3.8) is 0 Å². The third kappa shape index (κ3) is 5.53. The summed E-state index contributed by atoms with van der Waals surface area (Å²) in [6.07, 6.45) is 6.36. The van der Waals surface area contributed by atoms with Crippen LogP contribution >= 0.6 is 0 Å². The van der Waals surface area contributed by atoms with Crippen molar-refractivity contribution in [1.29, 1.82) is 0 Å². The van der Waals surface area contributed by atoms with Gasteiger partial charge in [-0.05, 0) is 49.6 Å². The summed E-state index contributed by atoms with van der Waals surface area (Å²) in [5.74, 6) is -1.23. The number of aromatic nitrogens is 3. The van der Waals surface area contributed by atoms with Crippen LogP contribution in [-0.2, 0) is 6.54 Å². The van der Waals surface area contributed by atoms with Gasteiger partial charge in [-0.2, -0.15) is 5.10 Å². The van der Waals surface area contributed by atoms with Crippen molar-refractivity contribution in [2.75, 3.05) is 7.05 Å². The van der Waals surface area contributed by atoms with Crippen LogP contribution in [0.15, 0.2) is 48.8 Å². The molecule has 0 spiro atoms. The average molecular weight is 493 g/mol. The molecule has 6 nitrogen and oxygen atoms in total. The zero-order chi connectivity index (χ0) is 25.8. The molecule has 2 heterocycles. The summed E-state index contributed by atoms with van der Waals surface area (Å²) in [4.78, 5) is 19.1. The van der Waals surface area contributed by atoms with Gasteiger partial charge in [0.25, 0.3) is 5.91 Å². The van der Waals surface area contributed by atoms with E-state index in [9.17, 15) is 9.18 Å². The second-order valence-corrected chi connectivity index (χ2v) is 9.05. The molecule has 36 heavy (non-hydrogen) atoms. The highest BCUT2D eigenvalue weighted by atomic mass is 19.1. The Hall–Kier alpha value is -3.81. The van der Waals surface area contributed by atoms with Gasteiger partial charge in [0.1, 0.15) is 17.4 Å². The number of hydrogen-bond acceptors (Lipinski definition) is 4. The van der Waals surface area contributed by atoms with Gasteiger partial charge in [-0.1, -0.05) is 32.4 Å². The fourth-order valence-electron chi connectivity index (χ4n) is 3.87. The molecule has 188 valence electrons. The van der Waals surface area contributed by atoms with Gasteiger partial charge in [0.2, 0.25) is 0 Å². The Morgan fingerprint density at radius 2 is 1.92 bits per heavy atom. The number of carbonyl (C=O) groups is 1. The van der Waals surface area contributed by atoms with E-state index in [-0.39, 0.29) is 35.4 Å². The molecule has 1 amide bonds. The Morgan fingerprint density at radius 1 is 1.17 bits per heavy atom. The minimum absolute atomic E-state index is 0.0212. The van der Waals surface area contributed by atoms with Crippen molar-refractivity contribution < 1.29 is 18.3 Å². The minimum Gasteiger partial charge on any atom is -0.490 e. The third-order valence-corrected chi connectivity index (χ3v) is 5.75. The summed E-state index contributed by atoms with van der Waals surface area (Å²) in [6, 6.07) is 8.41. The molecular weight excluding hydrogens is 462 g/mol. The van der Waals surface area contributed by atoms with Crippen LogP contribution in [-0.4, -0.2) is 39.1 Å². The highest BCUT2D eigenvalue weighted by molar-refractivity contribution is 5.96. The molecule has 2 aromatic carbocycles. The lowest BCUT2D eigenvalue weighted by molar-refractivity contribution is 0.0784. The van der Waals surface area contributed by atoms with Crippen molar-refractivity contribution in [2.45, 2.75) is 52.7 Å². The molecule has 0 radical (unpaired) electrons. The lowest BCUT2D eigenvalue weighted by Crippen LogP contribution is -2.26. The molecule has 1 fully saturated rings. The summed E-state index contributed by atoms with van der Waals surface area (Å²) in [7, 11) is 1.64. The molecule has 0 atom stereocenters. The number of nitrogens with one attached hydrogen (secondary N) is 1. The van der Waals surface area contributed by atoms with Crippen molar-refractivity contribution in [3.05, 3.63) is 77.2 Å². The first-order chi connectivity index (χ1) is 17.3. The van der Waals surface area contributed by atoms with E-state index < -0.39 is 11.6 Å². The molecule has 8 heteroatoms. The lowest BCUT2D eigenvalue weighted by Gasteiger charge is -2.20. The van der Waals surface area contributed by atoms with Gasteiger partial charge < -0.3 is 9.64 Å². The first kappa shape index (κ1) is 25.3. The maximum atomic E-state index is 15.3. The smallest absolute Gasteiger partial charge is 0.254 e. The van der Waals surface area contributed by atoms with Crippen molar-refractivity contribution in [1.82, 2.24) is 20.1 Å². The van der Waals surface area contributed by atoms with Gasteiger partial charge in [-0.3, -0.25) is 14.9 Å². The van der Waals surface area contributed by atoms with Gasteiger partial charge in [0, 0.05) is 42.0 Å². The number of hydrogen-bond donors (Lipinski definition) is 1. The maximum absolute atomic E-state index is 15.3. The molecule has 4 aromatic rings. The van der Waals surface area contributed by atoms with Gasteiger partial charge in [0.05, 0.1) is 23.4 Å². The molecule has 1 N–H and O–H groups in total. The van der Waals surface area contributed by atoms with E-state index in [2.05, 4.69) is 29.0 Å². The Kier molecular flexibility index (Phi) is 7.62. The average Bonchev–Trinajstić information content (AvgIpc) is 3.51. The number of amides is 1. The first-order valence-electron chi connectivity index (χ1n) is 12.1. The second-order valence-electron chi connectivity index (χ2n) is 9.05. The number of pyridine rings is 1. The Morgan fingerprint density at radius 3 is 2.61 bits per heavy atom. The zero-order valence-corrected chi connectivity index (χ0v) is 20.9. The number of aryl methyl sites for hydroxylation is 1. The third-order valence-electron chi connectivity index (χ3n) is 5.75. The standard InChI is InChI=1S/C25H22F2N4O2.C3H8/c1-14-20-12-29-30-24(20)17(11-28-14)13-31(2)25(32)16-9-21(27)23(15-4-3-5-18(26)8-15)22(10-16)33-19-6-7-19;1-3-2/h3-5,8-12,19H,6-7,13H2,1-2H3,(H,29,30);3H2,1-2H3. The van der Waals surface area contributed by atoms with Crippen LogP contribution in [0.2, 0.25) is 0 Å². The van der Waals surface area contributed by atoms with Crippen LogP contribution in [0.3, 0.4) is 0 Å². The monoisotopic (exact) mass is 492 g/mol. The van der Waals surface area contributed by atoms with E-state index >= 15 is 4.39 Å². The fourth-order valence-corrected chi connectivity index (χ4v) is 3.87. The predicted molar refractivity (Wildman–Crippen MR) is 136 cm³/mol. The lowest BCUT2D eigenvalue weighted by atomic mass is 10.0. The Bertz CT molecular complexity index is 1380. The highest BCUT2D eigenvalue weighted by Crippen LogP contribution is 2.38. The van der Waals surface area contributed by atoms with E-state index in [0.29, 0.717) is 5.56 Å². The Balaban J connectivity index is 0.000000967. The molecule has 0 bridgehead atoms. The molecule has 1 saturated carbocycles. The van der Waals surface area contributed by atoms with E-state index in [1.165, 1.54) is 35.6 Å². The number of carbonyl (C=O) groups excluding carboxylic acids is 1. The zero-order valence-electron chi connectivity index (χ0n) is 20.9. The molecule has 5 rings (SSSR count). The van der Waals surface area contributed by atoms with E-state index in [1.807, 2.05) is 6.92 Å². The number of halogens is 2. The van der Waals surface area contributed by atoms with Gasteiger partial charge in [-0.25, -0.2) is 8.78 Å². The predicted octanol–water partition coefficient (Wildman–Crippen LogP) is 6.44. The summed E-state index contributed by atoms with van der Waals surface area (Å²) >= 11 is 0. The SMILES string of the molecule is CCC.Cc1ncc(CN(C)C(=O)c2cc(F)c(-c3cccc(F)c3)c(OC3CC3)c2)c2[nH]ncc12. The molecule has 2 aromatic heterocycles. The van der Waals surface area contributed by atoms with Gasteiger partial charge in [0.15, 0.2) is 0 Å². The quantitative estimate of drug-likeness (QED) is 0.336. The maximum Gasteiger partial charge on any atom is 0.254 e. The number of benzene rings is 2. The molecule has 1 aliphatic carbocycles. The van der Waals surface area contributed by atoms with Gasteiger partial charge >= 0.3 is 0 Å². The molecule has 0 unspecified atom stereocenters. The summed E-state index contributed by atoms with van der Waals surface area (Å²) in [6.45, 7) is 6.40. The summed E-state index contributed by atoms with van der Waals surface area (Å²) < 4.78 is 35.0. The van der Waals surface area contributed by atoms with Crippen LogP contribution in [0.4, 0.5) is 8.78 Å². The van der Waals surface area contributed by atoms with Crippen LogP contribution in [0.25, 0.3) is 22.0 Å². The number of H-pyrrole nitrogens is 1. The molecule has 1 aliphatic rings. The first-order valence-corrected chi connectivity index (χ1v) is 12.1. The van der Waals surface area contributed by atoms with Crippen LogP contribution in [0.5, 0.6) is 5.75 Å². The topological polar surface area (TPSA) is 71.1 Å². The van der Waals surface area contributed by atoms with E-state index in [0.717, 1.165) is 35.0 Å². The molecule has 0 saturated heterocycles. The van der Waals surface area contributed by atoms with Crippen molar-refractivity contribution in [3.8, 4) is 16.9 Å². The Labute approximate surface area is 209 Å².